The molecule has 1 aromatic heterocycles. The highest BCUT2D eigenvalue weighted by Gasteiger charge is 2.13. The molecule has 1 heterocycles. The van der Waals surface area contributed by atoms with E-state index in [2.05, 4.69) is 10.4 Å². The van der Waals surface area contributed by atoms with E-state index in [0.29, 0.717) is 28.4 Å². The van der Waals surface area contributed by atoms with Crippen LogP contribution in [0.5, 0.6) is 0 Å². The summed E-state index contributed by atoms with van der Waals surface area (Å²) in [4.78, 5) is 24.4. The highest BCUT2D eigenvalue weighted by molar-refractivity contribution is 7.99. The van der Waals surface area contributed by atoms with Gasteiger partial charge in [-0.15, -0.1) is 0 Å². The molecule has 0 spiro atoms. The average molecular weight is 361 g/mol. The van der Waals surface area contributed by atoms with Gasteiger partial charge >= 0.3 is 0 Å². The SMILES string of the molecule is O=C(Cn1ncc(=O)c2ccccc21)Nc1ccccc1SC(F)F. The molecule has 3 rings (SSSR count). The van der Waals surface area contributed by atoms with Crippen LogP contribution in [0.3, 0.4) is 0 Å². The van der Waals surface area contributed by atoms with Crippen LogP contribution in [0, 0.1) is 0 Å². The van der Waals surface area contributed by atoms with Crippen molar-refractivity contribution in [2.24, 2.45) is 0 Å². The van der Waals surface area contributed by atoms with Gasteiger partial charge in [0.05, 0.1) is 17.4 Å². The van der Waals surface area contributed by atoms with Crippen molar-refractivity contribution in [2.75, 3.05) is 5.32 Å². The maximum absolute atomic E-state index is 12.6. The molecule has 0 aliphatic rings. The second kappa shape index (κ2) is 7.43. The number of carbonyl (C=O) groups is 1. The second-order valence-corrected chi connectivity index (χ2v) is 6.14. The number of hydrogen-bond donors (Lipinski definition) is 1. The molecule has 0 atom stereocenters. The van der Waals surface area contributed by atoms with Crippen molar-refractivity contribution >= 4 is 34.3 Å². The lowest BCUT2D eigenvalue weighted by molar-refractivity contribution is -0.116. The van der Waals surface area contributed by atoms with Crippen molar-refractivity contribution in [3.63, 3.8) is 0 Å². The van der Waals surface area contributed by atoms with E-state index in [0.717, 1.165) is 6.20 Å². The van der Waals surface area contributed by atoms with Gasteiger partial charge in [-0.1, -0.05) is 36.0 Å². The van der Waals surface area contributed by atoms with Crippen molar-refractivity contribution < 1.29 is 13.6 Å². The Hall–Kier alpha value is -2.74. The summed E-state index contributed by atoms with van der Waals surface area (Å²) in [6.45, 7) is -0.144. The van der Waals surface area contributed by atoms with Crippen molar-refractivity contribution in [3.05, 3.63) is 65.0 Å². The van der Waals surface area contributed by atoms with Gasteiger partial charge in [-0.05, 0) is 24.3 Å². The average Bonchev–Trinajstić information content (AvgIpc) is 2.59. The Morgan fingerprint density at radius 3 is 2.68 bits per heavy atom. The molecule has 0 bridgehead atoms. The van der Waals surface area contributed by atoms with Crippen LogP contribution >= 0.6 is 11.8 Å². The number of carbonyl (C=O) groups excluding carboxylic acids is 1. The van der Waals surface area contributed by atoms with E-state index in [4.69, 9.17) is 0 Å². The summed E-state index contributed by atoms with van der Waals surface area (Å²) in [6.07, 6.45) is 1.15. The zero-order chi connectivity index (χ0) is 17.8. The van der Waals surface area contributed by atoms with Gasteiger partial charge < -0.3 is 5.32 Å². The molecule has 3 aromatic rings. The Morgan fingerprint density at radius 2 is 1.88 bits per heavy atom. The highest BCUT2D eigenvalue weighted by atomic mass is 32.2. The lowest BCUT2D eigenvalue weighted by Crippen LogP contribution is -2.22. The van der Waals surface area contributed by atoms with Gasteiger partial charge in [-0.25, -0.2) is 0 Å². The summed E-state index contributed by atoms with van der Waals surface area (Å²) in [5.41, 5.74) is 0.606. The molecule has 0 fully saturated rings. The van der Waals surface area contributed by atoms with Gasteiger partial charge in [0, 0.05) is 10.3 Å². The number of rotatable bonds is 5. The number of nitrogens with zero attached hydrogens (tertiary/aromatic N) is 2. The van der Waals surface area contributed by atoms with Crippen LogP contribution < -0.4 is 10.7 Å². The number of amides is 1. The number of aromatic nitrogens is 2. The fourth-order valence-electron chi connectivity index (χ4n) is 2.38. The number of fused-ring (bicyclic) bond motifs is 1. The number of thioether (sulfide) groups is 1. The molecule has 5 nitrogen and oxygen atoms in total. The molecular formula is C17H13F2N3O2S. The van der Waals surface area contributed by atoms with Crippen LogP contribution in [0.2, 0.25) is 0 Å². The highest BCUT2D eigenvalue weighted by Crippen LogP contribution is 2.31. The molecular weight excluding hydrogens is 348 g/mol. The molecule has 1 N–H and O–H groups in total. The maximum Gasteiger partial charge on any atom is 0.288 e. The van der Waals surface area contributed by atoms with Crippen LogP contribution in [0.25, 0.3) is 10.9 Å². The lowest BCUT2D eigenvalue weighted by Gasteiger charge is -2.12. The first kappa shape index (κ1) is 17.1. The first-order valence-electron chi connectivity index (χ1n) is 7.33. The molecule has 0 unspecified atom stereocenters. The van der Waals surface area contributed by atoms with E-state index in [-0.39, 0.29) is 16.9 Å². The van der Waals surface area contributed by atoms with E-state index in [1.54, 1.807) is 42.5 Å². The maximum atomic E-state index is 12.6. The molecule has 8 heteroatoms. The zero-order valence-electron chi connectivity index (χ0n) is 12.9. The predicted molar refractivity (Wildman–Crippen MR) is 92.9 cm³/mol. The third-order valence-electron chi connectivity index (χ3n) is 3.43. The molecule has 0 aliphatic heterocycles. The molecule has 0 saturated heterocycles. The number of benzene rings is 2. The molecule has 128 valence electrons. The standard InChI is InChI=1S/C17H13F2N3O2S/c18-17(19)25-15-8-4-2-6-12(15)21-16(24)10-22-13-7-3-1-5-11(13)14(23)9-20-22/h1-9,17H,10H2,(H,21,24). The first-order chi connectivity index (χ1) is 12.0. The summed E-state index contributed by atoms with van der Waals surface area (Å²) in [5, 5.41) is 7.05. The van der Waals surface area contributed by atoms with E-state index >= 15 is 0 Å². The Kier molecular flexibility index (Phi) is 5.08. The molecule has 2 aromatic carbocycles. The Labute approximate surface area is 145 Å². The van der Waals surface area contributed by atoms with Gasteiger partial charge in [-0.2, -0.15) is 13.9 Å². The quantitative estimate of drug-likeness (QED) is 0.708. The minimum Gasteiger partial charge on any atom is -0.323 e. The van der Waals surface area contributed by atoms with E-state index in [9.17, 15) is 18.4 Å². The molecule has 0 aliphatic carbocycles. The summed E-state index contributed by atoms with van der Waals surface area (Å²) >= 11 is 0.366. The lowest BCUT2D eigenvalue weighted by atomic mass is 10.2. The fourth-order valence-corrected chi connectivity index (χ4v) is 2.98. The van der Waals surface area contributed by atoms with Gasteiger partial charge in [0.1, 0.15) is 6.54 Å². The smallest absolute Gasteiger partial charge is 0.288 e. The van der Waals surface area contributed by atoms with Crippen molar-refractivity contribution in [1.82, 2.24) is 9.78 Å². The van der Waals surface area contributed by atoms with Gasteiger partial charge in [-0.3, -0.25) is 14.3 Å². The van der Waals surface area contributed by atoms with Crippen LogP contribution in [-0.4, -0.2) is 21.4 Å². The molecule has 0 radical (unpaired) electrons. The van der Waals surface area contributed by atoms with Gasteiger partial charge in [0.25, 0.3) is 5.76 Å². The second-order valence-electron chi connectivity index (χ2n) is 5.11. The number of halogens is 2. The summed E-state index contributed by atoms with van der Waals surface area (Å²) in [6, 6.07) is 13.2. The molecule has 25 heavy (non-hydrogen) atoms. The minimum atomic E-state index is -2.58. The predicted octanol–water partition coefficient (Wildman–Crippen LogP) is 3.35. The molecule has 0 saturated carbocycles. The third-order valence-corrected chi connectivity index (χ3v) is 4.22. The zero-order valence-corrected chi connectivity index (χ0v) is 13.7. The monoisotopic (exact) mass is 361 g/mol. The first-order valence-corrected chi connectivity index (χ1v) is 8.21. The van der Waals surface area contributed by atoms with Gasteiger partial charge in [0.15, 0.2) is 0 Å². The third kappa shape index (κ3) is 4.03. The van der Waals surface area contributed by atoms with E-state index in [1.165, 1.54) is 10.7 Å². The Balaban J connectivity index is 1.83. The van der Waals surface area contributed by atoms with Crippen LogP contribution in [-0.2, 0) is 11.3 Å². The van der Waals surface area contributed by atoms with Crippen molar-refractivity contribution in [3.8, 4) is 0 Å². The van der Waals surface area contributed by atoms with E-state index < -0.39 is 11.7 Å². The summed E-state index contributed by atoms with van der Waals surface area (Å²) < 4.78 is 26.6. The summed E-state index contributed by atoms with van der Waals surface area (Å²) in [5.74, 6) is -3.01. The van der Waals surface area contributed by atoms with Gasteiger partial charge in [0.2, 0.25) is 11.3 Å². The fraction of sp³-hybridized carbons (Fsp3) is 0.118. The molecule has 1 amide bonds. The van der Waals surface area contributed by atoms with Crippen LogP contribution in [0.4, 0.5) is 14.5 Å². The number of anilines is 1. The van der Waals surface area contributed by atoms with Crippen LogP contribution in [0.15, 0.2) is 64.4 Å². The number of nitrogens with one attached hydrogen (secondary N) is 1. The normalized spacial score (nSPS) is 11.0. The van der Waals surface area contributed by atoms with E-state index in [1.807, 2.05) is 0 Å². The largest absolute Gasteiger partial charge is 0.323 e. The summed E-state index contributed by atoms with van der Waals surface area (Å²) in [7, 11) is 0. The van der Waals surface area contributed by atoms with Crippen molar-refractivity contribution in [1.29, 1.82) is 0 Å². The number of para-hydroxylation sites is 2. The topological polar surface area (TPSA) is 64.0 Å². The van der Waals surface area contributed by atoms with Crippen LogP contribution in [0.1, 0.15) is 0 Å². The number of alkyl halides is 2. The Morgan fingerprint density at radius 1 is 1.16 bits per heavy atom. The van der Waals surface area contributed by atoms with Crippen molar-refractivity contribution in [2.45, 2.75) is 17.2 Å². The number of hydrogen-bond acceptors (Lipinski definition) is 4. The Bertz CT molecular complexity index is 975. The minimum absolute atomic E-state index is 0.144.